The van der Waals surface area contributed by atoms with E-state index in [1.54, 1.807) is 32.8 Å². The number of rotatable bonds is 10. The smallest absolute Gasteiger partial charge is 0.245 e. The van der Waals surface area contributed by atoms with E-state index in [2.05, 4.69) is 27.8 Å². The number of likely N-dealkylation sites (N-methyl/N-ethyl adjacent to an activating group) is 2. The van der Waals surface area contributed by atoms with E-state index in [0.29, 0.717) is 19.4 Å². The first-order valence-corrected chi connectivity index (χ1v) is 9.24. The van der Waals surface area contributed by atoms with Gasteiger partial charge in [0.25, 0.3) is 0 Å². The normalized spacial score (nSPS) is 13.6. The van der Waals surface area contributed by atoms with Gasteiger partial charge in [-0.2, -0.15) is 0 Å². The largest absolute Gasteiger partial charge is 0.351 e. The lowest BCUT2D eigenvalue weighted by Gasteiger charge is -2.23. The lowest BCUT2D eigenvalue weighted by atomic mass is 10.1. The van der Waals surface area contributed by atoms with Crippen molar-refractivity contribution in [1.82, 2.24) is 20.9 Å². The number of nitrogens with one attached hydrogen (secondary N) is 3. The lowest BCUT2D eigenvalue weighted by molar-refractivity contribution is -0.135. The molecule has 0 aromatic heterocycles. The lowest BCUT2D eigenvalue weighted by Crippen LogP contribution is -2.47. The molecule has 0 aromatic carbocycles. The molecular formula is C19H34N4O3. The van der Waals surface area contributed by atoms with Crippen LogP contribution in [0.1, 0.15) is 53.4 Å². The van der Waals surface area contributed by atoms with E-state index in [1.165, 1.54) is 0 Å². The zero-order valence-corrected chi connectivity index (χ0v) is 16.9. The molecule has 0 bridgehead atoms. The van der Waals surface area contributed by atoms with E-state index in [9.17, 15) is 14.4 Å². The second kappa shape index (κ2) is 13.2. The van der Waals surface area contributed by atoms with E-state index in [4.69, 9.17) is 0 Å². The van der Waals surface area contributed by atoms with Crippen LogP contribution < -0.4 is 16.0 Å². The molecule has 0 aliphatic carbocycles. The molecule has 7 nitrogen and oxygen atoms in total. The van der Waals surface area contributed by atoms with Gasteiger partial charge in [-0.05, 0) is 27.3 Å². The Balaban J connectivity index is 4.69. The second-order valence-electron chi connectivity index (χ2n) is 6.42. The highest BCUT2D eigenvalue weighted by Crippen LogP contribution is 2.00. The van der Waals surface area contributed by atoms with Crippen molar-refractivity contribution in [2.45, 2.75) is 71.5 Å². The first kappa shape index (κ1) is 23.9. The number of carbonyl (C=O) groups excluding carboxylic acids is 3. The van der Waals surface area contributed by atoms with Crippen LogP contribution in [0.2, 0.25) is 0 Å². The van der Waals surface area contributed by atoms with Gasteiger partial charge in [-0.1, -0.05) is 13.8 Å². The summed E-state index contributed by atoms with van der Waals surface area (Å²) in [7, 11) is 3.46. The summed E-state index contributed by atoms with van der Waals surface area (Å²) in [4.78, 5) is 37.5. The SMILES string of the molecule is CCCN(C)C(=O)C(CC#CCC(C)NC(=O)C(C)NC)NC(=O)CC. The summed E-state index contributed by atoms with van der Waals surface area (Å²) in [5.41, 5.74) is 0. The van der Waals surface area contributed by atoms with E-state index < -0.39 is 6.04 Å². The molecule has 0 fully saturated rings. The van der Waals surface area contributed by atoms with Crippen LogP contribution in [0.5, 0.6) is 0 Å². The molecule has 26 heavy (non-hydrogen) atoms. The molecule has 0 aliphatic rings. The summed E-state index contributed by atoms with van der Waals surface area (Å²) in [6.07, 6.45) is 1.91. The highest BCUT2D eigenvalue weighted by atomic mass is 16.2. The maximum Gasteiger partial charge on any atom is 0.245 e. The molecule has 7 heteroatoms. The topological polar surface area (TPSA) is 90.5 Å². The minimum Gasteiger partial charge on any atom is -0.351 e. The Kier molecular flexibility index (Phi) is 12.1. The molecule has 3 unspecified atom stereocenters. The fourth-order valence-electron chi connectivity index (χ4n) is 2.16. The van der Waals surface area contributed by atoms with Gasteiger partial charge >= 0.3 is 0 Å². The van der Waals surface area contributed by atoms with Gasteiger partial charge in [0, 0.05) is 38.9 Å². The molecule has 0 radical (unpaired) electrons. The van der Waals surface area contributed by atoms with Crippen molar-refractivity contribution in [2.24, 2.45) is 0 Å². The second-order valence-corrected chi connectivity index (χ2v) is 6.42. The van der Waals surface area contributed by atoms with Crippen LogP contribution in [0.15, 0.2) is 0 Å². The number of hydrogen-bond acceptors (Lipinski definition) is 4. The number of carbonyl (C=O) groups is 3. The van der Waals surface area contributed by atoms with Gasteiger partial charge in [-0.15, -0.1) is 11.8 Å². The molecule has 3 N–H and O–H groups in total. The Hall–Kier alpha value is -2.07. The Morgan fingerprint density at radius 1 is 1.04 bits per heavy atom. The van der Waals surface area contributed by atoms with Crippen LogP contribution in [0.25, 0.3) is 0 Å². The van der Waals surface area contributed by atoms with Crippen molar-refractivity contribution in [2.75, 3.05) is 20.6 Å². The molecule has 0 rings (SSSR count). The minimum atomic E-state index is -0.638. The van der Waals surface area contributed by atoms with Crippen molar-refractivity contribution in [3.63, 3.8) is 0 Å². The van der Waals surface area contributed by atoms with Crippen LogP contribution in [-0.2, 0) is 14.4 Å². The third-order valence-corrected chi connectivity index (χ3v) is 3.94. The van der Waals surface area contributed by atoms with Crippen molar-refractivity contribution in [3.05, 3.63) is 0 Å². The molecule has 3 atom stereocenters. The summed E-state index contributed by atoms with van der Waals surface area (Å²) >= 11 is 0. The molecular weight excluding hydrogens is 332 g/mol. The average molecular weight is 367 g/mol. The molecule has 148 valence electrons. The third-order valence-electron chi connectivity index (χ3n) is 3.94. The quantitative estimate of drug-likeness (QED) is 0.495. The summed E-state index contributed by atoms with van der Waals surface area (Å²) in [6, 6.07) is -0.987. The van der Waals surface area contributed by atoms with Gasteiger partial charge in [-0.25, -0.2) is 0 Å². The molecule has 0 aliphatic heterocycles. The van der Waals surface area contributed by atoms with Gasteiger partial charge in [0.05, 0.1) is 6.04 Å². The van der Waals surface area contributed by atoms with Gasteiger partial charge in [0.1, 0.15) is 6.04 Å². The van der Waals surface area contributed by atoms with E-state index in [1.807, 2.05) is 13.8 Å². The molecule has 0 heterocycles. The molecule has 0 saturated heterocycles. The predicted molar refractivity (Wildman–Crippen MR) is 103 cm³/mol. The van der Waals surface area contributed by atoms with E-state index in [-0.39, 0.29) is 36.2 Å². The van der Waals surface area contributed by atoms with Crippen LogP contribution in [0.4, 0.5) is 0 Å². The highest BCUT2D eigenvalue weighted by molar-refractivity contribution is 5.87. The third kappa shape index (κ3) is 9.42. The Labute approximate surface area is 157 Å². The maximum atomic E-state index is 12.4. The zero-order chi connectivity index (χ0) is 20.1. The van der Waals surface area contributed by atoms with E-state index in [0.717, 1.165) is 6.42 Å². The number of amides is 3. The first-order valence-electron chi connectivity index (χ1n) is 9.24. The summed E-state index contributed by atoms with van der Waals surface area (Å²) in [5, 5.41) is 8.49. The predicted octanol–water partition coefficient (Wildman–Crippen LogP) is 0.646. The Morgan fingerprint density at radius 2 is 1.65 bits per heavy atom. The fraction of sp³-hybridized carbons (Fsp3) is 0.737. The highest BCUT2D eigenvalue weighted by Gasteiger charge is 2.22. The van der Waals surface area contributed by atoms with Crippen LogP contribution in [0.3, 0.4) is 0 Å². The zero-order valence-electron chi connectivity index (χ0n) is 16.9. The fourth-order valence-corrected chi connectivity index (χ4v) is 2.16. The maximum absolute atomic E-state index is 12.4. The van der Waals surface area contributed by atoms with Gasteiger partial charge < -0.3 is 20.9 Å². The summed E-state index contributed by atoms with van der Waals surface area (Å²) in [6.45, 7) is 8.04. The number of hydrogen-bond donors (Lipinski definition) is 3. The van der Waals surface area contributed by atoms with Crippen LogP contribution >= 0.6 is 0 Å². The van der Waals surface area contributed by atoms with Crippen molar-refractivity contribution < 1.29 is 14.4 Å². The van der Waals surface area contributed by atoms with Gasteiger partial charge in [0.2, 0.25) is 17.7 Å². The average Bonchev–Trinajstić information content (AvgIpc) is 2.62. The van der Waals surface area contributed by atoms with Gasteiger partial charge in [0.15, 0.2) is 0 Å². The molecule has 3 amide bonds. The Bertz CT molecular complexity index is 525. The van der Waals surface area contributed by atoms with Crippen LogP contribution in [-0.4, -0.2) is 61.4 Å². The standard InChI is InChI=1S/C19H34N4O3/c1-7-13-23(6)19(26)16(22-17(24)8-2)12-10-9-11-14(3)21-18(25)15(4)20-5/h14-16,20H,7-8,11-13H2,1-6H3,(H,21,25)(H,22,24). The molecule has 0 saturated carbocycles. The number of nitrogens with zero attached hydrogens (tertiary/aromatic N) is 1. The van der Waals surface area contributed by atoms with Crippen LogP contribution in [0, 0.1) is 11.8 Å². The Morgan fingerprint density at radius 3 is 2.19 bits per heavy atom. The van der Waals surface area contributed by atoms with Crippen molar-refractivity contribution in [3.8, 4) is 11.8 Å². The summed E-state index contributed by atoms with van der Waals surface area (Å²) in [5.74, 6) is 5.57. The minimum absolute atomic E-state index is 0.0775. The van der Waals surface area contributed by atoms with Crippen molar-refractivity contribution in [1.29, 1.82) is 0 Å². The first-order chi connectivity index (χ1) is 12.3. The molecule has 0 spiro atoms. The van der Waals surface area contributed by atoms with E-state index >= 15 is 0 Å². The summed E-state index contributed by atoms with van der Waals surface area (Å²) < 4.78 is 0. The van der Waals surface area contributed by atoms with Gasteiger partial charge in [-0.3, -0.25) is 14.4 Å². The van der Waals surface area contributed by atoms with Crippen molar-refractivity contribution >= 4 is 17.7 Å². The molecule has 0 aromatic rings. The monoisotopic (exact) mass is 366 g/mol.